The lowest BCUT2D eigenvalue weighted by Crippen LogP contribution is -2.52. The second-order valence-electron chi connectivity index (χ2n) is 10.1. The summed E-state index contributed by atoms with van der Waals surface area (Å²) in [5.41, 5.74) is 0.0267. The normalized spacial score (nSPS) is 17.8. The molecule has 2 amide bonds. The summed E-state index contributed by atoms with van der Waals surface area (Å²) < 4.78 is 69.8. The minimum atomic E-state index is -5.36. The van der Waals surface area contributed by atoms with Gasteiger partial charge < -0.3 is 25.6 Å². The van der Waals surface area contributed by atoms with Gasteiger partial charge in [-0.15, -0.1) is 0 Å². The maximum atomic E-state index is 14.6. The number of benzene rings is 1. The van der Waals surface area contributed by atoms with Crippen LogP contribution in [0.3, 0.4) is 0 Å². The highest BCUT2D eigenvalue weighted by atomic mass is 19.4. The van der Waals surface area contributed by atoms with Gasteiger partial charge in [-0.25, -0.2) is 14.4 Å². The molecule has 14 heteroatoms. The third-order valence-corrected chi connectivity index (χ3v) is 7.28. The second-order valence-corrected chi connectivity index (χ2v) is 10.1. The van der Waals surface area contributed by atoms with Crippen molar-refractivity contribution in [3.63, 3.8) is 0 Å². The molecule has 0 saturated carbocycles. The molecule has 5 rings (SSSR count). The highest BCUT2D eigenvalue weighted by Crippen LogP contribution is 2.47. The Bertz CT molecular complexity index is 1720. The number of amides is 2. The van der Waals surface area contributed by atoms with Crippen molar-refractivity contribution in [2.45, 2.75) is 31.0 Å². The summed E-state index contributed by atoms with van der Waals surface area (Å²) >= 11 is 0. The van der Waals surface area contributed by atoms with Crippen molar-refractivity contribution in [3.8, 4) is 22.8 Å². The molecule has 4 aromatic rings. The first kappa shape index (κ1) is 28.8. The maximum absolute atomic E-state index is 14.6. The zero-order valence-electron chi connectivity index (χ0n) is 22.5. The van der Waals surface area contributed by atoms with Gasteiger partial charge in [-0.3, -0.25) is 14.0 Å². The first-order valence-corrected chi connectivity index (χ1v) is 12.5. The molecule has 0 bridgehead atoms. The van der Waals surface area contributed by atoms with Gasteiger partial charge in [-0.1, -0.05) is 0 Å². The molecule has 42 heavy (non-hydrogen) atoms. The highest BCUT2D eigenvalue weighted by Gasteiger charge is 2.57. The molecule has 0 spiro atoms. The standard InChI is InChI=1S/C28H25F4N5O5/c1-14-11-37-18(8-9-19(41-3)23(37)35-14)24(38)34-12-27(40,28(30,31)32)20-10-17-22(42-13-26(17,2)25(33)39)21(36-20)15-4-6-16(29)7-5-15/h4-11,40H,12-13H2,1-3H3,(H2,33,39)(H,34,38)/t26-,27?/m0/s1. The summed E-state index contributed by atoms with van der Waals surface area (Å²) in [7, 11) is 1.40. The van der Waals surface area contributed by atoms with Crippen LogP contribution in [0, 0.1) is 12.7 Å². The third kappa shape index (κ3) is 4.57. The van der Waals surface area contributed by atoms with E-state index in [2.05, 4.69) is 15.3 Å². The highest BCUT2D eigenvalue weighted by molar-refractivity contribution is 5.94. The summed E-state index contributed by atoms with van der Waals surface area (Å²) in [5.74, 6) is -2.14. The molecule has 0 aliphatic carbocycles. The smallest absolute Gasteiger partial charge is 0.424 e. The Kier molecular flexibility index (Phi) is 6.84. The van der Waals surface area contributed by atoms with Crippen molar-refractivity contribution < 1.29 is 41.7 Å². The number of pyridine rings is 2. The van der Waals surface area contributed by atoms with Crippen LogP contribution in [0.5, 0.6) is 11.5 Å². The first-order chi connectivity index (χ1) is 19.7. The number of alkyl halides is 3. The number of nitrogens with zero attached hydrogens (tertiary/aromatic N) is 3. The fourth-order valence-corrected chi connectivity index (χ4v) is 4.75. The number of aryl methyl sites for hydroxylation is 1. The van der Waals surface area contributed by atoms with E-state index in [1.165, 1.54) is 48.9 Å². The van der Waals surface area contributed by atoms with E-state index < -0.39 is 47.1 Å². The predicted molar refractivity (Wildman–Crippen MR) is 140 cm³/mol. The number of imidazole rings is 1. The van der Waals surface area contributed by atoms with Crippen LogP contribution < -0.4 is 20.5 Å². The number of fused-ring (bicyclic) bond motifs is 2. The van der Waals surface area contributed by atoms with Crippen molar-refractivity contribution in [3.05, 3.63) is 77.1 Å². The lowest BCUT2D eigenvalue weighted by molar-refractivity contribution is -0.265. The number of hydrogen-bond donors (Lipinski definition) is 3. The zero-order valence-corrected chi connectivity index (χ0v) is 22.5. The molecule has 1 unspecified atom stereocenters. The molecule has 1 aliphatic rings. The van der Waals surface area contributed by atoms with Crippen molar-refractivity contribution in [1.82, 2.24) is 19.7 Å². The van der Waals surface area contributed by atoms with Crippen molar-refractivity contribution in [2.75, 3.05) is 20.3 Å². The summed E-state index contributed by atoms with van der Waals surface area (Å²) in [6.45, 7) is 1.41. The minimum Gasteiger partial charge on any atom is -0.493 e. The van der Waals surface area contributed by atoms with E-state index in [9.17, 15) is 32.3 Å². The Morgan fingerprint density at radius 1 is 1.19 bits per heavy atom. The van der Waals surface area contributed by atoms with E-state index >= 15 is 0 Å². The Balaban J connectivity index is 1.60. The van der Waals surface area contributed by atoms with Gasteiger partial charge in [0.1, 0.15) is 35.0 Å². The van der Waals surface area contributed by atoms with E-state index in [1.807, 2.05) is 0 Å². The molecule has 1 aliphatic heterocycles. The molecule has 2 atom stereocenters. The summed E-state index contributed by atoms with van der Waals surface area (Å²) in [6.07, 6.45) is -3.85. The van der Waals surface area contributed by atoms with Crippen LogP contribution in [0.2, 0.25) is 0 Å². The Hall–Kier alpha value is -4.72. The molecular weight excluding hydrogens is 562 g/mol. The Labute approximate surface area is 236 Å². The monoisotopic (exact) mass is 587 g/mol. The van der Waals surface area contributed by atoms with E-state index in [1.54, 1.807) is 6.92 Å². The Morgan fingerprint density at radius 2 is 1.88 bits per heavy atom. The van der Waals surface area contributed by atoms with Gasteiger partial charge in [0.2, 0.25) is 11.5 Å². The fraction of sp³-hybridized carbons (Fsp3) is 0.286. The average molecular weight is 588 g/mol. The first-order valence-electron chi connectivity index (χ1n) is 12.5. The molecule has 1 aromatic carbocycles. The molecule has 220 valence electrons. The van der Waals surface area contributed by atoms with Gasteiger partial charge in [0.25, 0.3) is 5.91 Å². The van der Waals surface area contributed by atoms with Crippen LogP contribution in [0.15, 0.2) is 48.7 Å². The zero-order chi connectivity index (χ0) is 30.6. The van der Waals surface area contributed by atoms with Crippen LogP contribution >= 0.6 is 0 Å². The molecular formula is C28H25F4N5O5. The number of nitrogens with one attached hydrogen (secondary N) is 1. The third-order valence-electron chi connectivity index (χ3n) is 7.28. The topological polar surface area (TPSA) is 141 Å². The average Bonchev–Trinajstić information content (AvgIpc) is 3.50. The molecule has 10 nitrogen and oxygen atoms in total. The molecule has 0 saturated heterocycles. The van der Waals surface area contributed by atoms with Crippen LogP contribution in [-0.2, 0) is 15.8 Å². The van der Waals surface area contributed by atoms with E-state index in [0.717, 1.165) is 18.2 Å². The van der Waals surface area contributed by atoms with Gasteiger partial charge in [0.05, 0.1) is 25.0 Å². The molecule has 3 aromatic heterocycles. The predicted octanol–water partition coefficient (Wildman–Crippen LogP) is 3.17. The molecule has 0 radical (unpaired) electrons. The number of aromatic nitrogens is 3. The van der Waals surface area contributed by atoms with Gasteiger partial charge in [0, 0.05) is 17.3 Å². The number of ether oxygens (including phenoxy) is 2. The van der Waals surface area contributed by atoms with Crippen LogP contribution in [0.1, 0.15) is 34.4 Å². The van der Waals surface area contributed by atoms with E-state index in [4.69, 9.17) is 15.2 Å². The lowest BCUT2D eigenvalue weighted by atomic mass is 9.81. The van der Waals surface area contributed by atoms with Gasteiger partial charge in [-0.05, 0) is 56.3 Å². The summed E-state index contributed by atoms with van der Waals surface area (Å²) in [5, 5.41) is 13.4. The summed E-state index contributed by atoms with van der Waals surface area (Å²) in [6, 6.07) is 8.34. The number of halogens is 4. The SMILES string of the molecule is COc1ccc(C(=O)NCC(O)(c2cc3c(c(-c4ccc(F)cc4)n2)OC[C@]3(C)C(N)=O)C(F)(F)F)n2cc(C)nc12. The number of carbonyl (C=O) groups excluding carboxylic acids is 2. The molecule has 0 fully saturated rings. The number of carbonyl (C=O) groups is 2. The van der Waals surface area contributed by atoms with Crippen LogP contribution in [-0.4, -0.2) is 57.7 Å². The van der Waals surface area contributed by atoms with Crippen LogP contribution in [0.4, 0.5) is 17.6 Å². The fourth-order valence-electron chi connectivity index (χ4n) is 4.75. The quantitative estimate of drug-likeness (QED) is 0.282. The largest absolute Gasteiger partial charge is 0.493 e. The molecule has 4 N–H and O–H groups in total. The van der Waals surface area contributed by atoms with Gasteiger partial charge in [-0.2, -0.15) is 13.2 Å². The maximum Gasteiger partial charge on any atom is 0.424 e. The number of rotatable bonds is 7. The van der Waals surface area contributed by atoms with E-state index in [-0.39, 0.29) is 40.5 Å². The van der Waals surface area contributed by atoms with Crippen molar-refractivity contribution >= 4 is 17.5 Å². The second kappa shape index (κ2) is 9.98. The van der Waals surface area contributed by atoms with Gasteiger partial charge >= 0.3 is 6.18 Å². The van der Waals surface area contributed by atoms with Crippen molar-refractivity contribution in [2.24, 2.45) is 5.73 Å². The van der Waals surface area contributed by atoms with Gasteiger partial charge in [0.15, 0.2) is 11.4 Å². The van der Waals surface area contributed by atoms with Crippen LogP contribution in [0.25, 0.3) is 16.9 Å². The summed E-state index contributed by atoms with van der Waals surface area (Å²) in [4.78, 5) is 33.9. The number of aliphatic hydroxyl groups is 1. The minimum absolute atomic E-state index is 0.0312. The number of nitrogens with two attached hydrogens (primary N) is 1. The van der Waals surface area contributed by atoms with E-state index in [0.29, 0.717) is 11.4 Å². The number of hydrogen-bond acceptors (Lipinski definition) is 7. The van der Waals surface area contributed by atoms with Crippen molar-refractivity contribution in [1.29, 1.82) is 0 Å². The lowest BCUT2D eigenvalue weighted by Gasteiger charge is -2.31. The molecule has 4 heterocycles. The number of primary amides is 1. The number of methoxy groups -OCH3 is 1. The Morgan fingerprint density at radius 3 is 2.50 bits per heavy atom.